The Hall–Kier alpha value is -2.24. The highest BCUT2D eigenvalue weighted by Gasteiger charge is 2.06. The first-order chi connectivity index (χ1) is 7.58. The summed E-state index contributed by atoms with van der Waals surface area (Å²) in [6, 6.07) is 1.96. The third-order valence-electron chi connectivity index (χ3n) is 2.14. The maximum Gasteiger partial charge on any atom is 0.172 e. The van der Waals surface area contributed by atoms with Crippen molar-refractivity contribution in [3.05, 3.63) is 35.5 Å². The first-order valence-corrected chi connectivity index (χ1v) is 4.78. The summed E-state index contributed by atoms with van der Waals surface area (Å²) in [5.74, 6) is 0.531. The number of nitrogens with zero attached hydrogens (tertiary/aromatic N) is 4. The Morgan fingerprint density at radius 2 is 2.06 bits per heavy atom. The first-order valence-electron chi connectivity index (χ1n) is 4.78. The van der Waals surface area contributed by atoms with Crippen molar-refractivity contribution in [1.82, 2.24) is 19.7 Å². The van der Waals surface area contributed by atoms with E-state index in [-0.39, 0.29) is 5.84 Å². The number of aryl methyl sites for hydroxylation is 2. The molecule has 82 valence electrons. The molecule has 6 heteroatoms. The molecule has 16 heavy (non-hydrogen) atoms. The molecule has 0 saturated heterocycles. The molecule has 0 aliphatic heterocycles. The molecule has 0 aliphatic carbocycles. The molecule has 0 radical (unpaired) electrons. The SMILES string of the molecule is Cc1cc(C)n(-c2cnc(C(=N)N)cn2)n1. The zero-order chi connectivity index (χ0) is 11.7. The van der Waals surface area contributed by atoms with Gasteiger partial charge < -0.3 is 5.73 Å². The molecule has 0 fully saturated rings. The van der Waals surface area contributed by atoms with Gasteiger partial charge in [-0.25, -0.2) is 14.6 Å². The van der Waals surface area contributed by atoms with Gasteiger partial charge in [-0.2, -0.15) is 5.10 Å². The summed E-state index contributed by atoms with van der Waals surface area (Å²) in [5.41, 5.74) is 7.58. The van der Waals surface area contributed by atoms with E-state index in [4.69, 9.17) is 11.1 Å². The van der Waals surface area contributed by atoms with Crippen LogP contribution in [0.5, 0.6) is 0 Å². The molecule has 0 unspecified atom stereocenters. The van der Waals surface area contributed by atoms with Gasteiger partial charge in [-0.1, -0.05) is 0 Å². The average molecular weight is 216 g/mol. The summed E-state index contributed by atoms with van der Waals surface area (Å²) in [7, 11) is 0. The summed E-state index contributed by atoms with van der Waals surface area (Å²) in [4.78, 5) is 8.19. The Balaban J connectivity index is 2.42. The molecule has 6 nitrogen and oxygen atoms in total. The van der Waals surface area contributed by atoms with Crippen LogP contribution >= 0.6 is 0 Å². The van der Waals surface area contributed by atoms with E-state index in [9.17, 15) is 0 Å². The van der Waals surface area contributed by atoms with Crippen LogP contribution in [0, 0.1) is 19.3 Å². The molecule has 0 aliphatic rings. The van der Waals surface area contributed by atoms with Gasteiger partial charge in [0.25, 0.3) is 0 Å². The second-order valence-corrected chi connectivity index (χ2v) is 3.51. The van der Waals surface area contributed by atoms with Crippen LogP contribution in [0.1, 0.15) is 17.1 Å². The maximum absolute atomic E-state index is 7.21. The standard InChI is InChI=1S/C10H12N6/c1-6-3-7(2)16(15-6)9-5-13-8(4-14-9)10(11)12/h3-5H,1-2H3,(H3,11,12). The lowest BCUT2D eigenvalue weighted by Crippen LogP contribution is -2.14. The van der Waals surface area contributed by atoms with Crippen LogP contribution in [0.25, 0.3) is 5.82 Å². The van der Waals surface area contributed by atoms with Gasteiger partial charge in [0.05, 0.1) is 18.1 Å². The molecule has 0 atom stereocenters. The van der Waals surface area contributed by atoms with Crippen molar-refractivity contribution in [2.45, 2.75) is 13.8 Å². The van der Waals surface area contributed by atoms with Crippen molar-refractivity contribution >= 4 is 5.84 Å². The minimum absolute atomic E-state index is 0.0904. The number of rotatable bonds is 2. The molecule has 0 aromatic carbocycles. The number of hydrogen-bond donors (Lipinski definition) is 2. The molecule has 0 bridgehead atoms. The fraction of sp³-hybridized carbons (Fsp3) is 0.200. The average Bonchev–Trinajstić information content (AvgIpc) is 2.58. The molecular weight excluding hydrogens is 204 g/mol. The van der Waals surface area contributed by atoms with Gasteiger partial charge in [-0.05, 0) is 19.9 Å². The Morgan fingerprint density at radius 3 is 2.50 bits per heavy atom. The molecule has 2 rings (SSSR count). The van der Waals surface area contributed by atoms with E-state index >= 15 is 0 Å². The van der Waals surface area contributed by atoms with Crippen LogP contribution in [0.15, 0.2) is 18.5 Å². The Kier molecular flexibility index (Phi) is 2.40. The molecule has 3 N–H and O–H groups in total. The third kappa shape index (κ3) is 1.77. The van der Waals surface area contributed by atoms with Crippen molar-refractivity contribution in [3.8, 4) is 5.82 Å². The second kappa shape index (κ2) is 3.73. The van der Waals surface area contributed by atoms with Crippen LogP contribution in [0.3, 0.4) is 0 Å². The number of aromatic nitrogens is 4. The monoisotopic (exact) mass is 216 g/mol. The van der Waals surface area contributed by atoms with E-state index in [0.717, 1.165) is 11.4 Å². The molecule has 0 amide bonds. The van der Waals surface area contributed by atoms with Crippen molar-refractivity contribution in [2.75, 3.05) is 0 Å². The third-order valence-corrected chi connectivity index (χ3v) is 2.14. The van der Waals surface area contributed by atoms with E-state index in [1.807, 2.05) is 19.9 Å². The minimum atomic E-state index is -0.0904. The van der Waals surface area contributed by atoms with E-state index < -0.39 is 0 Å². The minimum Gasteiger partial charge on any atom is -0.382 e. The van der Waals surface area contributed by atoms with E-state index in [1.165, 1.54) is 6.20 Å². The summed E-state index contributed by atoms with van der Waals surface area (Å²) in [6.45, 7) is 3.86. The predicted molar refractivity (Wildman–Crippen MR) is 59.6 cm³/mol. The largest absolute Gasteiger partial charge is 0.382 e. The molecular formula is C10H12N6. The zero-order valence-corrected chi connectivity index (χ0v) is 9.10. The highest BCUT2D eigenvalue weighted by molar-refractivity contribution is 5.92. The first kappa shape index (κ1) is 10.3. The molecule has 2 heterocycles. The van der Waals surface area contributed by atoms with Gasteiger partial charge in [0, 0.05) is 5.69 Å². The van der Waals surface area contributed by atoms with Crippen LogP contribution in [-0.2, 0) is 0 Å². The number of nitrogens with two attached hydrogens (primary N) is 1. The van der Waals surface area contributed by atoms with Crippen molar-refractivity contribution in [2.24, 2.45) is 5.73 Å². The number of hydrogen-bond acceptors (Lipinski definition) is 4. The van der Waals surface area contributed by atoms with E-state index in [1.54, 1.807) is 10.9 Å². The Labute approximate surface area is 92.7 Å². The van der Waals surface area contributed by atoms with Crippen LogP contribution in [0.2, 0.25) is 0 Å². The normalized spacial score (nSPS) is 10.4. The quantitative estimate of drug-likeness (QED) is 0.566. The fourth-order valence-corrected chi connectivity index (χ4v) is 1.43. The van der Waals surface area contributed by atoms with Crippen LogP contribution < -0.4 is 5.73 Å². The number of nitrogen functional groups attached to an aromatic ring is 1. The van der Waals surface area contributed by atoms with Crippen molar-refractivity contribution in [3.63, 3.8) is 0 Å². The van der Waals surface area contributed by atoms with Gasteiger partial charge in [0.1, 0.15) is 11.5 Å². The summed E-state index contributed by atoms with van der Waals surface area (Å²) in [5, 5.41) is 11.5. The molecule has 0 saturated carbocycles. The summed E-state index contributed by atoms with van der Waals surface area (Å²) < 4.78 is 1.70. The van der Waals surface area contributed by atoms with Gasteiger partial charge in [0.15, 0.2) is 5.82 Å². The van der Waals surface area contributed by atoms with Gasteiger partial charge >= 0.3 is 0 Å². The smallest absolute Gasteiger partial charge is 0.172 e. The lowest BCUT2D eigenvalue weighted by Gasteiger charge is -2.03. The topological polar surface area (TPSA) is 93.5 Å². The Bertz CT molecular complexity index is 525. The van der Waals surface area contributed by atoms with Crippen molar-refractivity contribution < 1.29 is 0 Å². The zero-order valence-electron chi connectivity index (χ0n) is 9.10. The molecule has 0 spiro atoms. The molecule has 2 aromatic heterocycles. The highest BCUT2D eigenvalue weighted by atomic mass is 15.3. The fourth-order valence-electron chi connectivity index (χ4n) is 1.43. The highest BCUT2D eigenvalue weighted by Crippen LogP contribution is 2.08. The van der Waals surface area contributed by atoms with Crippen LogP contribution in [-0.4, -0.2) is 25.6 Å². The Morgan fingerprint density at radius 1 is 1.31 bits per heavy atom. The summed E-state index contributed by atoms with van der Waals surface area (Å²) in [6.07, 6.45) is 3.02. The maximum atomic E-state index is 7.21. The van der Waals surface area contributed by atoms with Gasteiger partial charge in [-0.3, -0.25) is 5.41 Å². The lowest BCUT2D eigenvalue weighted by atomic mass is 10.4. The van der Waals surface area contributed by atoms with E-state index in [2.05, 4.69) is 15.1 Å². The number of amidine groups is 1. The number of nitrogens with one attached hydrogen (secondary N) is 1. The van der Waals surface area contributed by atoms with Crippen molar-refractivity contribution in [1.29, 1.82) is 5.41 Å². The summed E-state index contributed by atoms with van der Waals surface area (Å²) >= 11 is 0. The van der Waals surface area contributed by atoms with Gasteiger partial charge in [-0.15, -0.1) is 0 Å². The lowest BCUT2D eigenvalue weighted by molar-refractivity contribution is 0.798. The van der Waals surface area contributed by atoms with E-state index in [0.29, 0.717) is 11.5 Å². The van der Waals surface area contributed by atoms with Crippen LogP contribution in [0.4, 0.5) is 0 Å². The second-order valence-electron chi connectivity index (χ2n) is 3.51. The predicted octanol–water partition coefficient (Wildman–Crippen LogP) is 0.563. The molecule has 2 aromatic rings. The van der Waals surface area contributed by atoms with Gasteiger partial charge in [0.2, 0.25) is 0 Å².